The molecular formula is C14H17N3O. The van der Waals surface area contributed by atoms with Gasteiger partial charge in [0.1, 0.15) is 12.1 Å². The molecule has 2 N–H and O–H groups in total. The minimum absolute atomic E-state index is 0.264. The lowest BCUT2D eigenvalue weighted by Crippen LogP contribution is -2.20. The topological polar surface area (TPSA) is 58.0 Å². The predicted molar refractivity (Wildman–Crippen MR) is 70.0 cm³/mol. The fourth-order valence-electron chi connectivity index (χ4n) is 1.85. The van der Waals surface area contributed by atoms with Crippen molar-refractivity contribution in [2.45, 2.75) is 25.9 Å². The fraction of sp³-hybridized carbons (Fsp3) is 0.286. The number of nitrogens with one attached hydrogen (secondary N) is 1. The molecule has 0 saturated carbocycles. The van der Waals surface area contributed by atoms with Gasteiger partial charge in [-0.15, -0.1) is 0 Å². The van der Waals surface area contributed by atoms with E-state index in [1.807, 2.05) is 18.2 Å². The van der Waals surface area contributed by atoms with Crippen molar-refractivity contribution in [3.8, 4) is 5.75 Å². The first-order valence-electron chi connectivity index (χ1n) is 6.06. The van der Waals surface area contributed by atoms with Gasteiger partial charge in [-0.3, -0.25) is 0 Å². The molecule has 1 unspecified atom stereocenters. The lowest BCUT2D eigenvalue weighted by molar-refractivity contribution is 0.473. The van der Waals surface area contributed by atoms with Crippen LogP contribution in [-0.2, 0) is 6.54 Å². The van der Waals surface area contributed by atoms with Crippen LogP contribution in [0.3, 0.4) is 0 Å². The molecule has 0 aliphatic carbocycles. The lowest BCUT2D eigenvalue weighted by Gasteiger charge is -2.17. The summed E-state index contributed by atoms with van der Waals surface area (Å²) in [5, 5.41) is 12.7. The third-order valence-electron chi connectivity index (χ3n) is 2.88. The van der Waals surface area contributed by atoms with Gasteiger partial charge in [0.05, 0.1) is 5.69 Å². The number of aromatic nitrogens is 2. The van der Waals surface area contributed by atoms with Crippen LogP contribution >= 0.6 is 0 Å². The van der Waals surface area contributed by atoms with Crippen molar-refractivity contribution in [1.29, 1.82) is 0 Å². The van der Waals surface area contributed by atoms with Crippen molar-refractivity contribution in [3.05, 3.63) is 54.1 Å². The van der Waals surface area contributed by atoms with Gasteiger partial charge in [0.15, 0.2) is 0 Å². The zero-order valence-electron chi connectivity index (χ0n) is 10.4. The third kappa shape index (κ3) is 3.28. The first kappa shape index (κ1) is 12.5. The maximum Gasteiger partial charge on any atom is 0.115 e. The molecule has 18 heavy (non-hydrogen) atoms. The molecule has 94 valence electrons. The van der Waals surface area contributed by atoms with Crippen LogP contribution in [0, 0.1) is 0 Å². The van der Waals surface area contributed by atoms with Crippen LogP contribution in [0.15, 0.2) is 42.9 Å². The normalized spacial score (nSPS) is 12.3. The lowest BCUT2D eigenvalue weighted by atomic mass is 10.0. The van der Waals surface area contributed by atoms with E-state index in [0.717, 1.165) is 12.1 Å². The summed E-state index contributed by atoms with van der Waals surface area (Å²) in [5.41, 5.74) is 2.14. The molecule has 0 amide bonds. The minimum atomic E-state index is 0.264. The average Bonchev–Trinajstić information content (AvgIpc) is 2.42. The summed E-state index contributed by atoms with van der Waals surface area (Å²) in [7, 11) is 0. The number of phenolic OH excluding ortho intramolecular Hbond substituents is 1. The molecular weight excluding hydrogens is 226 g/mol. The fourth-order valence-corrected chi connectivity index (χ4v) is 1.85. The van der Waals surface area contributed by atoms with Crippen LogP contribution in [0.5, 0.6) is 5.75 Å². The number of aromatic hydroxyl groups is 1. The summed E-state index contributed by atoms with van der Waals surface area (Å²) >= 11 is 0. The van der Waals surface area contributed by atoms with E-state index in [2.05, 4.69) is 22.2 Å². The molecule has 1 heterocycles. The number of hydrogen-bond donors (Lipinski definition) is 2. The van der Waals surface area contributed by atoms with Gasteiger partial charge >= 0.3 is 0 Å². The highest BCUT2D eigenvalue weighted by atomic mass is 16.3. The second kappa shape index (κ2) is 6.12. The van der Waals surface area contributed by atoms with Gasteiger partial charge in [-0.25, -0.2) is 9.97 Å². The van der Waals surface area contributed by atoms with Crippen LogP contribution in [0.25, 0.3) is 0 Å². The Kier molecular flexibility index (Phi) is 4.25. The Labute approximate surface area is 107 Å². The highest BCUT2D eigenvalue weighted by Crippen LogP contribution is 2.19. The molecule has 1 aromatic carbocycles. The first-order chi connectivity index (χ1) is 8.79. The van der Waals surface area contributed by atoms with E-state index >= 15 is 0 Å². The molecule has 0 fully saturated rings. The van der Waals surface area contributed by atoms with Crippen LogP contribution in [0.4, 0.5) is 0 Å². The van der Waals surface area contributed by atoms with Crippen molar-refractivity contribution in [3.63, 3.8) is 0 Å². The number of phenols is 1. The van der Waals surface area contributed by atoms with Crippen LogP contribution in [0.2, 0.25) is 0 Å². The maximum absolute atomic E-state index is 9.28. The number of nitrogens with zero attached hydrogens (tertiary/aromatic N) is 2. The van der Waals surface area contributed by atoms with Crippen molar-refractivity contribution >= 4 is 0 Å². The minimum Gasteiger partial charge on any atom is -0.508 e. The molecule has 0 bridgehead atoms. The molecule has 1 atom stereocenters. The Hall–Kier alpha value is -1.94. The monoisotopic (exact) mass is 243 g/mol. The summed E-state index contributed by atoms with van der Waals surface area (Å²) < 4.78 is 0. The van der Waals surface area contributed by atoms with Crippen molar-refractivity contribution < 1.29 is 5.11 Å². The van der Waals surface area contributed by atoms with Gasteiger partial charge < -0.3 is 10.4 Å². The van der Waals surface area contributed by atoms with Gasteiger partial charge in [0.25, 0.3) is 0 Å². The third-order valence-corrected chi connectivity index (χ3v) is 2.88. The van der Waals surface area contributed by atoms with E-state index in [-0.39, 0.29) is 6.04 Å². The highest BCUT2D eigenvalue weighted by molar-refractivity contribution is 5.28. The van der Waals surface area contributed by atoms with Gasteiger partial charge in [-0.1, -0.05) is 19.1 Å². The molecule has 0 radical (unpaired) electrons. The van der Waals surface area contributed by atoms with E-state index in [1.165, 1.54) is 5.56 Å². The van der Waals surface area contributed by atoms with Crippen molar-refractivity contribution in [2.75, 3.05) is 0 Å². The van der Waals surface area contributed by atoms with Crippen molar-refractivity contribution in [1.82, 2.24) is 15.3 Å². The van der Waals surface area contributed by atoms with Gasteiger partial charge in [-0.2, -0.15) is 0 Å². The molecule has 0 saturated heterocycles. The standard InChI is InChI=1S/C14H17N3O/c1-2-14(11-3-5-13(18)6-4-11)16-9-12-7-8-15-10-17-12/h3-8,10,14,16,18H,2,9H2,1H3. The smallest absolute Gasteiger partial charge is 0.115 e. The Bertz CT molecular complexity index is 470. The average molecular weight is 243 g/mol. The zero-order valence-corrected chi connectivity index (χ0v) is 10.4. The van der Waals surface area contributed by atoms with Crippen LogP contribution in [-0.4, -0.2) is 15.1 Å². The summed E-state index contributed by atoms with van der Waals surface area (Å²) in [6, 6.07) is 9.47. The van der Waals surface area contributed by atoms with Gasteiger partial charge in [0.2, 0.25) is 0 Å². The Morgan fingerprint density at radius 2 is 2.00 bits per heavy atom. The molecule has 0 aliphatic rings. The molecule has 4 nitrogen and oxygen atoms in total. The number of hydrogen-bond acceptors (Lipinski definition) is 4. The number of benzene rings is 1. The molecule has 4 heteroatoms. The summed E-state index contributed by atoms with van der Waals surface area (Å²) in [6.45, 7) is 2.84. The second-order valence-electron chi connectivity index (χ2n) is 4.13. The van der Waals surface area contributed by atoms with E-state index < -0.39 is 0 Å². The SMILES string of the molecule is CCC(NCc1ccncn1)c1ccc(O)cc1. The van der Waals surface area contributed by atoms with Crippen LogP contribution < -0.4 is 5.32 Å². The summed E-state index contributed by atoms with van der Waals surface area (Å²) in [5.74, 6) is 0.296. The van der Waals surface area contributed by atoms with E-state index in [9.17, 15) is 5.11 Å². The van der Waals surface area contributed by atoms with Gasteiger partial charge in [-0.05, 0) is 30.2 Å². The quantitative estimate of drug-likeness (QED) is 0.846. The van der Waals surface area contributed by atoms with Crippen LogP contribution in [0.1, 0.15) is 30.6 Å². The van der Waals surface area contributed by atoms with Gasteiger partial charge in [0, 0.05) is 18.8 Å². The van der Waals surface area contributed by atoms with E-state index in [4.69, 9.17) is 0 Å². The first-order valence-corrected chi connectivity index (χ1v) is 6.06. The summed E-state index contributed by atoms with van der Waals surface area (Å²) in [6.07, 6.45) is 4.28. The Morgan fingerprint density at radius 3 is 2.61 bits per heavy atom. The molecule has 2 rings (SSSR count). The Balaban J connectivity index is 1.99. The molecule has 2 aromatic rings. The Morgan fingerprint density at radius 1 is 1.22 bits per heavy atom. The van der Waals surface area contributed by atoms with E-state index in [0.29, 0.717) is 12.3 Å². The number of rotatable bonds is 5. The second-order valence-corrected chi connectivity index (χ2v) is 4.13. The van der Waals surface area contributed by atoms with Crippen molar-refractivity contribution in [2.24, 2.45) is 0 Å². The molecule has 1 aromatic heterocycles. The molecule has 0 spiro atoms. The largest absolute Gasteiger partial charge is 0.508 e. The zero-order chi connectivity index (χ0) is 12.8. The highest BCUT2D eigenvalue weighted by Gasteiger charge is 2.08. The molecule has 0 aliphatic heterocycles. The summed E-state index contributed by atoms with van der Waals surface area (Å²) in [4.78, 5) is 8.07. The predicted octanol–water partition coefficient (Wildman–Crippen LogP) is 2.42. The maximum atomic E-state index is 9.28. The van der Waals surface area contributed by atoms with E-state index in [1.54, 1.807) is 24.7 Å².